The number of phenols is 2. The third-order valence-corrected chi connectivity index (χ3v) is 5.42. The Labute approximate surface area is 144 Å². The maximum Gasteiger partial charge on any atom is 0.123 e. The molecule has 0 aliphatic heterocycles. The van der Waals surface area contributed by atoms with Crippen LogP contribution in [0.2, 0.25) is 0 Å². The molecule has 0 amide bonds. The van der Waals surface area contributed by atoms with E-state index >= 15 is 0 Å². The van der Waals surface area contributed by atoms with Gasteiger partial charge in [0.1, 0.15) is 11.5 Å². The number of phenolic OH excluding ortho intramolecular Hbond substituents is 2. The molecule has 2 aromatic carbocycles. The van der Waals surface area contributed by atoms with Crippen LogP contribution in [0.1, 0.15) is 46.2 Å². The van der Waals surface area contributed by atoms with Crippen LogP contribution in [0.15, 0.2) is 24.3 Å². The fraction of sp³-hybridized carbons (Fsp3) is 0.400. The van der Waals surface area contributed by atoms with E-state index in [4.69, 9.17) is 0 Å². The van der Waals surface area contributed by atoms with Gasteiger partial charge in [0, 0.05) is 28.8 Å². The Balaban J connectivity index is 2.58. The second kappa shape index (κ2) is 6.64. The van der Waals surface area contributed by atoms with Gasteiger partial charge in [-0.25, -0.2) is 0 Å². The van der Waals surface area contributed by atoms with E-state index < -0.39 is 7.14 Å². The molecule has 24 heavy (non-hydrogen) atoms. The van der Waals surface area contributed by atoms with Crippen molar-refractivity contribution >= 4 is 7.14 Å². The van der Waals surface area contributed by atoms with Crippen molar-refractivity contribution in [1.82, 2.24) is 0 Å². The van der Waals surface area contributed by atoms with Gasteiger partial charge in [-0.3, -0.25) is 0 Å². The van der Waals surface area contributed by atoms with Crippen molar-refractivity contribution in [2.24, 2.45) is 0 Å². The summed E-state index contributed by atoms with van der Waals surface area (Å²) in [5.41, 5.74) is 5.20. The summed E-state index contributed by atoms with van der Waals surface area (Å²) >= 11 is 0. The summed E-state index contributed by atoms with van der Waals surface area (Å²) in [6.45, 7) is 11.3. The number of hydrogen-bond acceptors (Lipinski definition) is 3. The maximum atomic E-state index is 12.2. The SMILES string of the molecule is Cc1cc(C)c(O)c(C(C)c2cc(C)cc(CP(C)(C)=O)c2O)c1. The monoisotopic (exact) mass is 346 g/mol. The first-order chi connectivity index (χ1) is 11.0. The van der Waals surface area contributed by atoms with E-state index in [1.54, 1.807) is 13.3 Å². The highest BCUT2D eigenvalue weighted by atomic mass is 31.2. The fourth-order valence-corrected chi connectivity index (χ4v) is 4.30. The smallest absolute Gasteiger partial charge is 0.123 e. The topological polar surface area (TPSA) is 57.5 Å². The highest BCUT2D eigenvalue weighted by Gasteiger charge is 2.22. The normalized spacial score (nSPS) is 13.1. The third-order valence-electron chi connectivity index (χ3n) is 4.32. The van der Waals surface area contributed by atoms with Crippen molar-refractivity contribution in [3.63, 3.8) is 0 Å². The van der Waals surface area contributed by atoms with Crippen molar-refractivity contribution < 1.29 is 14.8 Å². The lowest BCUT2D eigenvalue weighted by molar-refractivity contribution is 0.451. The lowest BCUT2D eigenvalue weighted by Gasteiger charge is -2.20. The molecule has 2 N–H and O–H groups in total. The Bertz CT molecular complexity index is 818. The van der Waals surface area contributed by atoms with E-state index in [1.165, 1.54) is 0 Å². The standard InChI is InChI=1S/C20H27O3P/c1-12-7-14(3)19(21)17(9-12)15(4)18-10-13(2)8-16(20(18)22)11-24(5,6)23/h7-10,15,21-22H,11H2,1-6H3. The van der Waals surface area contributed by atoms with Crippen LogP contribution in [0, 0.1) is 20.8 Å². The Kier molecular flexibility index (Phi) is 5.15. The molecule has 0 fully saturated rings. The molecule has 0 bridgehead atoms. The lowest BCUT2D eigenvalue weighted by Crippen LogP contribution is -2.02. The van der Waals surface area contributed by atoms with E-state index in [2.05, 4.69) is 0 Å². The molecule has 0 heterocycles. The quantitative estimate of drug-likeness (QED) is 0.739. The third kappa shape index (κ3) is 4.02. The molecule has 0 saturated heterocycles. The number of aryl methyl sites for hydroxylation is 3. The molecule has 4 heteroatoms. The highest BCUT2D eigenvalue weighted by Crippen LogP contribution is 2.46. The van der Waals surface area contributed by atoms with E-state index in [9.17, 15) is 14.8 Å². The van der Waals surface area contributed by atoms with Crippen LogP contribution in [-0.2, 0) is 10.7 Å². The predicted octanol–water partition coefficient (Wildman–Crippen LogP) is 5.30. The Morgan fingerprint density at radius 1 is 0.917 bits per heavy atom. The minimum atomic E-state index is -2.29. The minimum absolute atomic E-state index is 0.157. The van der Waals surface area contributed by atoms with Crippen LogP contribution in [0.5, 0.6) is 11.5 Å². The van der Waals surface area contributed by atoms with Crippen LogP contribution in [0.25, 0.3) is 0 Å². The van der Waals surface area contributed by atoms with Crippen molar-refractivity contribution in [1.29, 1.82) is 0 Å². The van der Waals surface area contributed by atoms with Crippen molar-refractivity contribution in [2.75, 3.05) is 13.3 Å². The Morgan fingerprint density at radius 3 is 1.96 bits per heavy atom. The summed E-state index contributed by atoms with van der Waals surface area (Å²) in [5, 5.41) is 21.2. The summed E-state index contributed by atoms with van der Waals surface area (Å²) < 4.78 is 12.2. The molecule has 2 aromatic rings. The van der Waals surface area contributed by atoms with E-state index in [1.807, 2.05) is 52.0 Å². The van der Waals surface area contributed by atoms with Crippen LogP contribution in [0.4, 0.5) is 0 Å². The first kappa shape index (κ1) is 18.6. The molecule has 0 saturated carbocycles. The number of benzene rings is 2. The van der Waals surface area contributed by atoms with Crippen LogP contribution in [0.3, 0.4) is 0 Å². The average molecular weight is 346 g/mol. The van der Waals surface area contributed by atoms with Gasteiger partial charge in [-0.15, -0.1) is 0 Å². The minimum Gasteiger partial charge on any atom is -0.507 e. The van der Waals surface area contributed by atoms with Gasteiger partial charge in [0.05, 0.1) is 7.14 Å². The summed E-state index contributed by atoms with van der Waals surface area (Å²) in [7, 11) is -2.29. The van der Waals surface area contributed by atoms with Crippen molar-refractivity contribution in [3.05, 3.63) is 57.6 Å². The summed E-state index contributed by atoms with van der Waals surface area (Å²) in [6, 6.07) is 7.74. The van der Waals surface area contributed by atoms with Gasteiger partial charge in [0.25, 0.3) is 0 Å². The second-order valence-corrected chi connectivity index (χ2v) is 10.8. The molecule has 130 valence electrons. The number of hydrogen-bond donors (Lipinski definition) is 2. The number of aromatic hydroxyl groups is 2. The average Bonchev–Trinajstić information content (AvgIpc) is 2.44. The lowest BCUT2D eigenvalue weighted by atomic mass is 9.87. The van der Waals surface area contributed by atoms with E-state index in [-0.39, 0.29) is 17.4 Å². The molecule has 3 nitrogen and oxygen atoms in total. The number of rotatable bonds is 4. The Morgan fingerprint density at radius 2 is 1.42 bits per heavy atom. The van der Waals surface area contributed by atoms with Crippen LogP contribution >= 0.6 is 7.14 Å². The van der Waals surface area contributed by atoms with Crippen LogP contribution in [-0.4, -0.2) is 23.5 Å². The van der Waals surface area contributed by atoms with Crippen LogP contribution < -0.4 is 0 Å². The summed E-state index contributed by atoms with van der Waals surface area (Å²) in [4.78, 5) is 0. The van der Waals surface area contributed by atoms with Gasteiger partial charge in [0.15, 0.2) is 0 Å². The molecule has 0 aliphatic rings. The summed E-state index contributed by atoms with van der Waals surface area (Å²) in [6.07, 6.45) is 0.374. The molecule has 2 rings (SSSR count). The molecule has 1 atom stereocenters. The molecule has 0 aromatic heterocycles. The maximum absolute atomic E-state index is 12.2. The first-order valence-corrected chi connectivity index (χ1v) is 10.9. The van der Waals surface area contributed by atoms with Gasteiger partial charge in [-0.1, -0.05) is 42.3 Å². The van der Waals surface area contributed by atoms with E-state index in [0.717, 1.165) is 27.8 Å². The van der Waals surface area contributed by atoms with Gasteiger partial charge in [0.2, 0.25) is 0 Å². The largest absolute Gasteiger partial charge is 0.507 e. The molecule has 0 aliphatic carbocycles. The molecule has 0 spiro atoms. The van der Waals surface area contributed by atoms with Crippen molar-refractivity contribution in [2.45, 2.75) is 39.8 Å². The first-order valence-electron chi connectivity index (χ1n) is 8.16. The zero-order valence-corrected chi connectivity index (χ0v) is 16.2. The Hall–Kier alpha value is -1.73. The van der Waals surface area contributed by atoms with E-state index in [0.29, 0.717) is 11.7 Å². The van der Waals surface area contributed by atoms with Gasteiger partial charge in [-0.2, -0.15) is 0 Å². The molecule has 1 unspecified atom stereocenters. The second-order valence-electron chi connectivity index (χ2n) is 7.34. The summed E-state index contributed by atoms with van der Waals surface area (Å²) in [5.74, 6) is 0.304. The van der Waals surface area contributed by atoms with Gasteiger partial charge < -0.3 is 14.8 Å². The molecular formula is C20H27O3P. The van der Waals surface area contributed by atoms with Gasteiger partial charge >= 0.3 is 0 Å². The predicted molar refractivity (Wildman–Crippen MR) is 101 cm³/mol. The fourth-order valence-electron chi connectivity index (χ4n) is 3.24. The highest BCUT2D eigenvalue weighted by molar-refractivity contribution is 7.61. The molecular weight excluding hydrogens is 319 g/mol. The zero-order valence-electron chi connectivity index (χ0n) is 15.3. The zero-order chi connectivity index (χ0) is 18.2. The van der Waals surface area contributed by atoms with Gasteiger partial charge in [-0.05, 0) is 39.7 Å². The van der Waals surface area contributed by atoms with Crippen molar-refractivity contribution in [3.8, 4) is 11.5 Å². The molecule has 0 radical (unpaired) electrons.